The number of imide groups is 1. The molecule has 0 saturated carbocycles. The van der Waals surface area contributed by atoms with Gasteiger partial charge in [-0.1, -0.05) is 23.9 Å². The van der Waals surface area contributed by atoms with Gasteiger partial charge in [0.2, 0.25) is 0 Å². The van der Waals surface area contributed by atoms with Crippen molar-refractivity contribution < 1.29 is 23.1 Å². The molecule has 0 aliphatic carbocycles. The predicted molar refractivity (Wildman–Crippen MR) is 101 cm³/mol. The Bertz CT molecular complexity index is 853. The summed E-state index contributed by atoms with van der Waals surface area (Å²) in [5, 5.41) is 1.53. The van der Waals surface area contributed by atoms with E-state index in [1.165, 1.54) is 24.5 Å². The molecule has 2 aromatic rings. The number of carbonyl (C=O) groups is 2. The van der Waals surface area contributed by atoms with Crippen LogP contribution in [0.25, 0.3) is 6.08 Å². The molecule has 3 rings (SSSR count). The van der Waals surface area contributed by atoms with Crippen molar-refractivity contribution in [2.45, 2.75) is 17.2 Å². The van der Waals surface area contributed by atoms with Crippen LogP contribution >= 0.6 is 34.9 Å². The van der Waals surface area contributed by atoms with E-state index in [2.05, 4.69) is 0 Å². The van der Waals surface area contributed by atoms with E-state index < -0.39 is 5.76 Å². The first-order valence-electron chi connectivity index (χ1n) is 7.38. The molecule has 0 spiro atoms. The lowest BCUT2D eigenvalue weighted by molar-refractivity contribution is -0.123. The average Bonchev–Trinajstić information content (AvgIpc) is 3.20. The number of carbonyl (C=O) groups excluding carboxylic acids is 2. The van der Waals surface area contributed by atoms with E-state index in [4.69, 9.17) is 4.74 Å². The number of methoxy groups -OCH3 is 1. The Morgan fingerprint density at radius 2 is 2.12 bits per heavy atom. The first kappa shape index (κ1) is 18.9. The van der Waals surface area contributed by atoms with Crippen LogP contribution in [0.2, 0.25) is 0 Å². The summed E-state index contributed by atoms with van der Waals surface area (Å²) in [6.45, 7) is 0.0580. The van der Waals surface area contributed by atoms with Crippen molar-refractivity contribution in [3.63, 3.8) is 0 Å². The van der Waals surface area contributed by atoms with Crippen molar-refractivity contribution in [1.82, 2.24) is 4.90 Å². The summed E-state index contributed by atoms with van der Waals surface area (Å²) in [6.07, 6.45) is 1.69. The van der Waals surface area contributed by atoms with E-state index in [9.17, 15) is 18.4 Å². The van der Waals surface area contributed by atoms with Crippen LogP contribution in [-0.2, 0) is 11.3 Å². The van der Waals surface area contributed by atoms with Crippen LogP contribution in [0.15, 0.2) is 45.5 Å². The number of ether oxygens (including phenoxy) is 1. The fourth-order valence-electron chi connectivity index (χ4n) is 2.33. The second-order valence-corrected chi connectivity index (χ2v) is 8.15. The van der Waals surface area contributed by atoms with Gasteiger partial charge in [-0.25, -0.2) is 0 Å². The fourth-order valence-corrected chi connectivity index (χ4v) is 4.48. The molecule has 1 aromatic heterocycles. The Hall–Kier alpha value is -1.84. The first-order valence-corrected chi connectivity index (χ1v) is 9.96. The molecular formula is C17H13F2NO3S3. The highest BCUT2D eigenvalue weighted by molar-refractivity contribution is 8.18. The minimum Gasteiger partial charge on any atom is -0.496 e. The number of hydrogen-bond acceptors (Lipinski definition) is 6. The molecule has 0 bridgehead atoms. The van der Waals surface area contributed by atoms with Crippen molar-refractivity contribution in [2.24, 2.45) is 0 Å². The van der Waals surface area contributed by atoms with Gasteiger partial charge in [0.1, 0.15) is 5.75 Å². The summed E-state index contributed by atoms with van der Waals surface area (Å²) in [4.78, 5) is 27.4. The van der Waals surface area contributed by atoms with E-state index in [1.807, 2.05) is 17.5 Å². The van der Waals surface area contributed by atoms with E-state index in [0.717, 1.165) is 21.5 Å². The van der Waals surface area contributed by atoms with Crippen LogP contribution in [0.4, 0.5) is 13.6 Å². The van der Waals surface area contributed by atoms with Crippen molar-refractivity contribution >= 4 is 52.1 Å². The van der Waals surface area contributed by atoms with Crippen molar-refractivity contribution in [3.8, 4) is 5.75 Å². The van der Waals surface area contributed by atoms with Crippen molar-refractivity contribution in [2.75, 3.05) is 7.11 Å². The van der Waals surface area contributed by atoms with Gasteiger partial charge in [-0.2, -0.15) is 8.78 Å². The molecule has 2 amide bonds. The molecule has 136 valence electrons. The maximum absolute atomic E-state index is 12.6. The van der Waals surface area contributed by atoms with E-state index >= 15 is 0 Å². The molecule has 0 radical (unpaired) electrons. The molecule has 1 aliphatic heterocycles. The monoisotopic (exact) mass is 413 g/mol. The molecule has 1 aliphatic rings. The van der Waals surface area contributed by atoms with Gasteiger partial charge in [0.25, 0.3) is 16.9 Å². The highest BCUT2D eigenvalue weighted by atomic mass is 32.2. The first-order chi connectivity index (χ1) is 12.5. The molecule has 9 heteroatoms. The Balaban J connectivity index is 1.78. The second-order valence-electron chi connectivity index (χ2n) is 5.15. The third-order valence-corrected chi connectivity index (χ3v) is 5.97. The average molecular weight is 413 g/mol. The second kappa shape index (κ2) is 8.24. The zero-order valence-corrected chi connectivity index (χ0v) is 15.9. The third-order valence-electron chi connectivity index (χ3n) is 3.47. The Labute approximate surface area is 161 Å². The topological polar surface area (TPSA) is 46.6 Å². The van der Waals surface area contributed by atoms with Crippen LogP contribution in [0.3, 0.4) is 0 Å². The van der Waals surface area contributed by atoms with Gasteiger partial charge in [0, 0.05) is 4.88 Å². The van der Waals surface area contributed by atoms with Gasteiger partial charge in [-0.3, -0.25) is 14.5 Å². The highest BCUT2D eigenvalue weighted by Crippen LogP contribution is 2.37. The molecule has 4 nitrogen and oxygen atoms in total. The molecule has 26 heavy (non-hydrogen) atoms. The molecule has 0 unspecified atom stereocenters. The van der Waals surface area contributed by atoms with Crippen LogP contribution in [-0.4, -0.2) is 28.9 Å². The molecule has 2 heterocycles. The zero-order chi connectivity index (χ0) is 18.7. The lowest BCUT2D eigenvalue weighted by Crippen LogP contribution is -2.27. The number of thioether (sulfide) groups is 2. The molecule has 0 atom stereocenters. The third kappa shape index (κ3) is 4.28. The predicted octanol–water partition coefficient (Wildman–Crippen LogP) is 5.31. The Morgan fingerprint density at radius 1 is 1.31 bits per heavy atom. The standard InChI is InChI=1S/C17H13F2NO3S3/c1-23-12-7-10(4-5-13(12)25-16(18)19)9-20-15(21)14(26-17(20)22)8-11-3-2-6-24-11/h2-8,16H,9H2,1H3/b14-8+. The van der Waals surface area contributed by atoms with Gasteiger partial charge >= 0.3 is 0 Å². The van der Waals surface area contributed by atoms with E-state index in [-0.39, 0.29) is 23.4 Å². The maximum Gasteiger partial charge on any atom is 0.293 e. The maximum atomic E-state index is 12.6. The van der Waals surface area contributed by atoms with Crippen LogP contribution in [0.5, 0.6) is 5.75 Å². The SMILES string of the molecule is COc1cc(CN2C(=O)S/C(=C/c3cccs3)C2=O)ccc1SC(F)F. The van der Waals surface area contributed by atoms with E-state index in [0.29, 0.717) is 27.1 Å². The molecular weight excluding hydrogens is 400 g/mol. The summed E-state index contributed by atoms with van der Waals surface area (Å²) >= 11 is 2.76. The smallest absolute Gasteiger partial charge is 0.293 e. The van der Waals surface area contributed by atoms with Gasteiger partial charge in [-0.05, 0) is 47.0 Å². The van der Waals surface area contributed by atoms with Crippen LogP contribution in [0.1, 0.15) is 10.4 Å². The van der Waals surface area contributed by atoms with Gasteiger partial charge in [0.05, 0.1) is 23.5 Å². The van der Waals surface area contributed by atoms with Crippen molar-refractivity contribution in [1.29, 1.82) is 0 Å². The highest BCUT2D eigenvalue weighted by Gasteiger charge is 2.35. The molecule has 1 aromatic carbocycles. The van der Waals surface area contributed by atoms with Crippen LogP contribution < -0.4 is 4.74 Å². The number of alkyl halides is 2. The summed E-state index contributed by atoms with van der Waals surface area (Å²) in [5.41, 5.74) is 0.625. The normalized spacial score (nSPS) is 16.2. The number of halogens is 2. The molecule has 1 saturated heterocycles. The number of hydrogen-bond donors (Lipinski definition) is 0. The summed E-state index contributed by atoms with van der Waals surface area (Å²) in [7, 11) is 1.39. The Kier molecular flexibility index (Phi) is 6.00. The van der Waals surface area contributed by atoms with Gasteiger partial charge in [-0.15, -0.1) is 11.3 Å². The van der Waals surface area contributed by atoms with Gasteiger partial charge in [0.15, 0.2) is 0 Å². The van der Waals surface area contributed by atoms with Crippen LogP contribution in [0, 0.1) is 0 Å². The minimum atomic E-state index is -2.56. The Morgan fingerprint density at radius 3 is 2.77 bits per heavy atom. The summed E-state index contributed by atoms with van der Waals surface area (Å²) < 4.78 is 30.3. The number of rotatable bonds is 6. The zero-order valence-electron chi connectivity index (χ0n) is 13.5. The molecule has 1 fully saturated rings. The number of thiophene rings is 1. The largest absolute Gasteiger partial charge is 0.496 e. The number of amides is 2. The quantitative estimate of drug-likeness (QED) is 0.475. The number of nitrogens with zero attached hydrogens (tertiary/aromatic N) is 1. The lowest BCUT2D eigenvalue weighted by Gasteiger charge is -2.14. The lowest BCUT2D eigenvalue weighted by atomic mass is 10.2. The van der Waals surface area contributed by atoms with Gasteiger partial charge < -0.3 is 4.74 Å². The number of benzene rings is 1. The van der Waals surface area contributed by atoms with E-state index in [1.54, 1.807) is 18.2 Å². The minimum absolute atomic E-state index is 0.0580. The fraction of sp³-hybridized carbons (Fsp3) is 0.176. The summed E-state index contributed by atoms with van der Waals surface area (Å²) in [5.74, 6) is -2.63. The summed E-state index contributed by atoms with van der Waals surface area (Å²) in [6, 6.07) is 8.41. The van der Waals surface area contributed by atoms with Crippen molar-refractivity contribution in [3.05, 3.63) is 51.1 Å². The molecule has 0 N–H and O–H groups in total.